The van der Waals surface area contributed by atoms with Crippen LogP contribution in [0.5, 0.6) is 0 Å². The van der Waals surface area contributed by atoms with Gasteiger partial charge >= 0.3 is 5.97 Å². The van der Waals surface area contributed by atoms with Gasteiger partial charge in [0.1, 0.15) is 17.0 Å². The van der Waals surface area contributed by atoms with E-state index in [9.17, 15) is 14.9 Å². The molecule has 0 unspecified atom stereocenters. The van der Waals surface area contributed by atoms with E-state index in [0.717, 1.165) is 35.6 Å². The Kier molecular flexibility index (Phi) is 4.25. The van der Waals surface area contributed by atoms with Gasteiger partial charge in [-0.15, -0.1) is 0 Å². The molecule has 0 aliphatic rings. The average Bonchev–Trinajstić information content (AvgIpc) is 2.86. The number of hydrogen-bond donors (Lipinski definition) is 1. The molecule has 1 N–H and O–H groups in total. The highest BCUT2D eigenvalue weighted by Crippen LogP contribution is 2.31. The van der Waals surface area contributed by atoms with Crippen molar-refractivity contribution in [1.82, 2.24) is 14.3 Å². The zero-order chi connectivity index (χ0) is 14.7. The van der Waals surface area contributed by atoms with E-state index in [1.54, 1.807) is 0 Å². The molecule has 2 heterocycles. The number of rotatable bonds is 5. The van der Waals surface area contributed by atoms with E-state index in [0.29, 0.717) is 16.6 Å². The van der Waals surface area contributed by atoms with Crippen LogP contribution < -0.4 is 0 Å². The fourth-order valence-electron chi connectivity index (χ4n) is 1.28. The molecule has 0 radical (unpaired) electrons. The van der Waals surface area contributed by atoms with E-state index in [1.807, 2.05) is 6.92 Å². The number of nitro groups is 1. The minimum absolute atomic E-state index is 0.155. The van der Waals surface area contributed by atoms with Gasteiger partial charge in [0.15, 0.2) is 4.34 Å². The Morgan fingerprint density at radius 2 is 2.35 bits per heavy atom. The molecule has 2 aromatic heterocycles. The Hall–Kier alpha value is -2.07. The number of nitrogens with zero attached hydrogens (tertiary/aromatic N) is 4. The lowest BCUT2D eigenvalue weighted by atomic mass is 10.3. The number of aromatic carboxylic acids is 1. The first-order valence-corrected chi connectivity index (χ1v) is 6.98. The standard InChI is InChI=1S/C10H8N4O4S2/c1-2-7-12-10(20-13-7)19-8-6(9(15)16)3-5(4-11-8)14(17)18/h3-4H,2H2,1H3,(H,15,16). The molecule has 20 heavy (non-hydrogen) atoms. The van der Waals surface area contributed by atoms with Crippen LogP contribution in [-0.2, 0) is 6.42 Å². The Balaban J connectivity index is 2.35. The van der Waals surface area contributed by atoms with Crippen LogP contribution in [0.4, 0.5) is 5.69 Å². The number of carboxylic acid groups (broad SMARTS) is 1. The number of aryl methyl sites for hydroxylation is 1. The van der Waals surface area contributed by atoms with Crippen molar-refractivity contribution in [2.75, 3.05) is 0 Å². The molecule has 0 spiro atoms. The summed E-state index contributed by atoms with van der Waals surface area (Å²) < 4.78 is 4.62. The Morgan fingerprint density at radius 1 is 1.60 bits per heavy atom. The largest absolute Gasteiger partial charge is 0.478 e. The second-order valence-electron chi connectivity index (χ2n) is 3.54. The van der Waals surface area contributed by atoms with Crippen LogP contribution in [0.25, 0.3) is 0 Å². The van der Waals surface area contributed by atoms with Crippen molar-refractivity contribution in [1.29, 1.82) is 0 Å². The van der Waals surface area contributed by atoms with Crippen molar-refractivity contribution in [3.63, 3.8) is 0 Å². The molecule has 0 fully saturated rings. The van der Waals surface area contributed by atoms with Crippen LogP contribution in [0.2, 0.25) is 0 Å². The molecular formula is C10H8N4O4S2. The zero-order valence-electron chi connectivity index (χ0n) is 10.1. The lowest BCUT2D eigenvalue weighted by Gasteiger charge is -2.01. The predicted molar refractivity (Wildman–Crippen MR) is 71.3 cm³/mol. The van der Waals surface area contributed by atoms with Crippen molar-refractivity contribution >= 4 is 35.0 Å². The number of aromatic nitrogens is 3. The monoisotopic (exact) mass is 312 g/mol. The normalized spacial score (nSPS) is 10.4. The van der Waals surface area contributed by atoms with Crippen LogP contribution in [0.3, 0.4) is 0 Å². The van der Waals surface area contributed by atoms with Gasteiger partial charge in [-0.2, -0.15) is 4.37 Å². The zero-order valence-corrected chi connectivity index (χ0v) is 11.8. The average molecular weight is 312 g/mol. The van der Waals surface area contributed by atoms with E-state index < -0.39 is 10.9 Å². The number of hydrogen-bond acceptors (Lipinski definition) is 8. The SMILES string of the molecule is CCc1nsc(Sc2ncc([N+](=O)[O-])cc2C(=O)O)n1. The van der Waals surface area contributed by atoms with E-state index in [-0.39, 0.29) is 16.3 Å². The van der Waals surface area contributed by atoms with Crippen LogP contribution in [0, 0.1) is 10.1 Å². The molecule has 0 atom stereocenters. The lowest BCUT2D eigenvalue weighted by Crippen LogP contribution is -2.02. The predicted octanol–water partition coefficient (Wildman–Crippen LogP) is 2.25. The minimum Gasteiger partial charge on any atom is -0.478 e. The number of carbonyl (C=O) groups is 1. The smallest absolute Gasteiger partial charge is 0.338 e. The first-order chi connectivity index (χ1) is 9.51. The number of carboxylic acids is 1. The van der Waals surface area contributed by atoms with E-state index in [4.69, 9.17) is 5.11 Å². The third-order valence-electron chi connectivity index (χ3n) is 2.23. The number of pyridine rings is 1. The fraction of sp³-hybridized carbons (Fsp3) is 0.200. The third kappa shape index (κ3) is 3.08. The van der Waals surface area contributed by atoms with E-state index >= 15 is 0 Å². The molecule has 0 aromatic carbocycles. The highest BCUT2D eigenvalue weighted by atomic mass is 32.2. The maximum atomic E-state index is 11.1. The molecule has 104 valence electrons. The summed E-state index contributed by atoms with van der Waals surface area (Å²) in [6, 6.07) is 0.986. The summed E-state index contributed by atoms with van der Waals surface area (Å²) in [7, 11) is 0. The van der Waals surface area contributed by atoms with Crippen molar-refractivity contribution < 1.29 is 14.8 Å². The van der Waals surface area contributed by atoms with E-state index in [2.05, 4.69) is 14.3 Å². The molecule has 0 aliphatic heterocycles. The molecule has 0 bridgehead atoms. The lowest BCUT2D eigenvalue weighted by molar-refractivity contribution is -0.385. The van der Waals surface area contributed by atoms with Crippen LogP contribution >= 0.6 is 23.3 Å². The Morgan fingerprint density at radius 3 is 2.90 bits per heavy atom. The van der Waals surface area contributed by atoms with Gasteiger partial charge in [-0.3, -0.25) is 10.1 Å². The summed E-state index contributed by atoms with van der Waals surface area (Å²) in [4.78, 5) is 29.1. The maximum absolute atomic E-state index is 11.1. The molecule has 0 saturated carbocycles. The van der Waals surface area contributed by atoms with Gasteiger partial charge < -0.3 is 5.11 Å². The summed E-state index contributed by atoms with van der Waals surface area (Å²) in [5.74, 6) is -0.611. The topological polar surface area (TPSA) is 119 Å². The van der Waals surface area contributed by atoms with Gasteiger partial charge in [-0.05, 0) is 23.3 Å². The highest BCUT2D eigenvalue weighted by molar-refractivity contribution is 8.01. The van der Waals surface area contributed by atoms with Crippen molar-refractivity contribution in [2.24, 2.45) is 0 Å². The van der Waals surface area contributed by atoms with Gasteiger partial charge in [0.25, 0.3) is 5.69 Å². The van der Waals surface area contributed by atoms with Crippen molar-refractivity contribution in [2.45, 2.75) is 22.7 Å². The van der Waals surface area contributed by atoms with Gasteiger partial charge in [0.05, 0.1) is 10.5 Å². The minimum atomic E-state index is -1.27. The van der Waals surface area contributed by atoms with Gasteiger partial charge in [0.2, 0.25) is 0 Å². The Bertz CT molecular complexity index is 673. The first-order valence-electron chi connectivity index (χ1n) is 5.39. The molecular weight excluding hydrogens is 304 g/mol. The summed E-state index contributed by atoms with van der Waals surface area (Å²) >= 11 is 2.16. The highest BCUT2D eigenvalue weighted by Gasteiger charge is 2.19. The van der Waals surface area contributed by atoms with Crippen LogP contribution in [-0.4, -0.2) is 30.3 Å². The van der Waals surface area contributed by atoms with Gasteiger partial charge in [-0.25, -0.2) is 14.8 Å². The summed E-state index contributed by atoms with van der Waals surface area (Å²) in [6.07, 6.45) is 1.70. The molecule has 10 heteroatoms. The molecule has 0 aliphatic carbocycles. The van der Waals surface area contributed by atoms with E-state index in [1.165, 1.54) is 0 Å². The van der Waals surface area contributed by atoms with Crippen LogP contribution in [0.1, 0.15) is 23.1 Å². The summed E-state index contributed by atoms with van der Waals surface area (Å²) in [5.41, 5.74) is -0.587. The maximum Gasteiger partial charge on any atom is 0.338 e. The molecule has 0 saturated heterocycles. The fourth-order valence-corrected chi connectivity index (χ4v) is 2.96. The molecule has 0 amide bonds. The first kappa shape index (κ1) is 14.3. The summed E-state index contributed by atoms with van der Waals surface area (Å²) in [5, 5.41) is 19.9. The third-order valence-corrected chi connectivity index (χ3v) is 4.04. The van der Waals surface area contributed by atoms with Crippen molar-refractivity contribution in [3.8, 4) is 0 Å². The molecule has 2 rings (SSSR count). The molecule has 8 nitrogen and oxygen atoms in total. The molecule has 2 aromatic rings. The quantitative estimate of drug-likeness (QED) is 0.659. The van der Waals surface area contributed by atoms with Gasteiger partial charge in [-0.1, -0.05) is 6.92 Å². The van der Waals surface area contributed by atoms with Crippen LogP contribution in [0.15, 0.2) is 21.6 Å². The van der Waals surface area contributed by atoms with Crippen molar-refractivity contribution in [3.05, 3.63) is 33.8 Å². The second kappa shape index (κ2) is 5.92. The summed E-state index contributed by atoms with van der Waals surface area (Å²) in [6.45, 7) is 1.91. The Labute approximate surface area is 121 Å². The van der Waals surface area contributed by atoms with Gasteiger partial charge in [0, 0.05) is 12.5 Å². The second-order valence-corrected chi connectivity index (χ2v) is 5.53.